The summed E-state index contributed by atoms with van der Waals surface area (Å²) in [6.07, 6.45) is 8.80. The second-order valence-electron chi connectivity index (χ2n) is 13.5. The first-order chi connectivity index (χ1) is 24.5. The highest BCUT2D eigenvalue weighted by Crippen LogP contribution is 2.50. The molecule has 5 heteroatoms. The minimum Gasteiger partial charge on any atom is -0.260 e. The molecule has 0 saturated heterocycles. The molecule has 0 radical (unpaired) electrons. The number of nitrogens with zero attached hydrogens (tertiary/aromatic N) is 4. The maximum atomic E-state index is 5.44. The van der Waals surface area contributed by atoms with Crippen molar-refractivity contribution in [2.45, 2.75) is 30.6 Å². The third kappa shape index (κ3) is 4.06. The highest BCUT2D eigenvalue weighted by Gasteiger charge is 2.35. The van der Waals surface area contributed by atoms with Gasteiger partial charge in [-0.3, -0.25) is 4.57 Å². The van der Waals surface area contributed by atoms with Gasteiger partial charge < -0.3 is 0 Å². The van der Waals surface area contributed by atoms with Gasteiger partial charge in [0.2, 0.25) is 5.95 Å². The van der Waals surface area contributed by atoms with Gasteiger partial charge in [-0.15, -0.1) is 12.6 Å². The normalized spacial score (nSPS) is 14.4. The average Bonchev–Trinajstić information content (AvgIpc) is 3.44. The van der Waals surface area contributed by atoms with Gasteiger partial charge >= 0.3 is 0 Å². The lowest BCUT2D eigenvalue weighted by Crippen LogP contribution is -2.15. The summed E-state index contributed by atoms with van der Waals surface area (Å²) in [6.45, 7) is 4.63. The van der Waals surface area contributed by atoms with E-state index >= 15 is 0 Å². The van der Waals surface area contributed by atoms with Crippen LogP contribution in [-0.2, 0) is 5.41 Å². The molecule has 8 aromatic rings. The molecule has 0 saturated carbocycles. The van der Waals surface area contributed by atoms with Crippen LogP contribution in [0.3, 0.4) is 0 Å². The summed E-state index contributed by atoms with van der Waals surface area (Å²) in [5, 5.41) is 5.32. The van der Waals surface area contributed by atoms with Gasteiger partial charge in [0.05, 0.1) is 16.7 Å². The first-order valence-corrected chi connectivity index (χ1v) is 17.4. The molecule has 5 aromatic carbocycles. The minimum absolute atomic E-state index is 0.131. The van der Waals surface area contributed by atoms with Gasteiger partial charge in [-0.25, -0.2) is 15.0 Å². The molecule has 0 unspecified atom stereocenters. The zero-order valence-electron chi connectivity index (χ0n) is 27.6. The molecule has 3 aromatic heterocycles. The third-order valence-electron chi connectivity index (χ3n) is 10.4. The number of thiol groups is 1. The van der Waals surface area contributed by atoms with Gasteiger partial charge in [0.25, 0.3) is 0 Å². The number of para-hydroxylation sites is 1. The molecule has 3 heterocycles. The summed E-state index contributed by atoms with van der Waals surface area (Å²) in [6, 6.07) is 36.5. The van der Waals surface area contributed by atoms with E-state index in [2.05, 4.69) is 139 Å². The van der Waals surface area contributed by atoms with Crippen LogP contribution >= 0.6 is 12.6 Å². The zero-order chi connectivity index (χ0) is 33.6. The third-order valence-corrected chi connectivity index (χ3v) is 10.9. The van der Waals surface area contributed by atoms with Crippen LogP contribution in [0.5, 0.6) is 0 Å². The Morgan fingerprint density at radius 2 is 1.52 bits per heavy atom. The molecule has 10 rings (SSSR count). The highest BCUT2D eigenvalue weighted by atomic mass is 32.1. The van der Waals surface area contributed by atoms with Crippen molar-refractivity contribution in [2.24, 2.45) is 0 Å². The number of hydrogen-bond donors (Lipinski definition) is 1. The van der Waals surface area contributed by atoms with E-state index in [0.717, 1.165) is 70.9 Å². The van der Waals surface area contributed by atoms with Crippen molar-refractivity contribution < 1.29 is 0 Å². The summed E-state index contributed by atoms with van der Waals surface area (Å²) >= 11 is 5.34. The molecule has 0 atom stereocenters. The Hall–Kier alpha value is -5.96. The number of pyridine rings is 1. The van der Waals surface area contributed by atoms with E-state index in [9.17, 15) is 0 Å². The maximum Gasteiger partial charge on any atom is 0.237 e. The van der Waals surface area contributed by atoms with Gasteiger partial charge in [0.1, 0.15) is 5.65 Å². The molecule has 2 aliphatic rings. The number of aromatic nitrogens is 4. The summed E-state index contributed by atoms with van der Waals surface area (Å²) in [7, 11) is 0. The van der Waals surface area contributed by atoms with Gasteiger partial charge in [-0.2, -0.15) is 0 Å². The summed E-state index contributed by atoms with van der Waals surface area (Å²) in [5.41, 5.74) is 11.6. The Morgan fingerprint density at radius 3 is 2.42 bits per heavy atom. The molecule has 4 nitrogen and oxygen atoms in total. The van der Waals surface area contributed by atoms with Crippen LogP contribution in [-0.4, -0.2) is 19.5 Å². The Labute approximate surface area is 295 Å². The maximum absolute atomic E-state index is 5.44. The fourth-order valence-electron chi connectivity index (χ4n) is 8.11. The van der Waals surface area contributed by atoms with Crippen molar-refractivity contribution in [3.05, 3.63) is 144 Å². The Bertz CT molecular complexity index is 2900. The Kier molecular flexibility index (Phi) is 6.25. The summed E-state index contributed by atoms with van der Waals surface area (Å²) in [5.74, 6) is 7.27. The average molecular weight is 659 g/mol. The van der Waals surface area contributed by atoms with Crippen LogP contribution < -0.4 is 0 Å². The lowest BCUT2D eigenvalue weighted by molar-refractivity contribution is 0.660. The number of hydrogen-bond acceptors (Lipinski definition) is 4. The fraction of sp³-hybridized carbons (Fsp3) is 0.0889. The molecule has 0 amide bonds. The highest BCUT2D eigenvalue weighted by molar-refractivity contribution is 7.80. The Morgan fingerprint density at radius 1 is 0.760 bits per heavy atom. The van der Waals surface area contributed by atoms with E-state index in [1.54, 1.807) is 0 Å². The van der Waals surface area contributed by atoms with Crippen LogP contribution in [0, 0.1) is 11.8 Å². The molecule has 0 N–H and O–H groups in total. The lowest BCUT2D eigenvalue weighted by atomic mass is 9.82. The molecular formula is C45H30N4S. The molecule has 0 aliphatic heterocycles. The lowest BCUT2D eigenvalue weighted by Gasteiger charge is -2.22. The first-order valence-electron chi connectivity index (χ1n) is 16.9. The summed E-state index contributed by atoms with van der Waals surface area (Å²) in [4.78, 5) is 16.5. The van der Waals surface area contributed by atoms with Crippen LogP contribution in [0.1, 0.15) is 37.0 Å². The van der Waals surface area contributed by atoms with Crippen molar-refractivity contribution in [1.82, 2.24) is 19.5 Å². The second-order valence-corrected chi connectivity index (χ2v) is 14.0. The van der Waals surface area contributed by atoms with E-state index in [-0.39, 0.29) is 5.41 Å². The van der Waals surface area contributed by atoms with Gasteiger partial charge in [-0.05, 0) is 63.4 Å². The minimum atomic E-state index is -0.131. The van der Waals surface area contributed by atoms with Crippen molar-refractivity contribution in [3.63, 3.8) is 0 Å². The van der Waals surface area contributed by atoms with Gasteiger partial charge in [0, 0.05) is 55.8 Å². The monoisotopic (exact) mass is 658 g/mol. The van der Waals surface area contributed by atoms with Crippen LogP contribution in [0.25, 0.3) is 77.5 Å². The smallest absolute Gasteiger partial charge is 0.237 e. The van der Waals surface area contributed by atoms with Gasteiger partial charge in [-0.1, -0.05) is 117 Å². The summed E-state index contributed by atoms with van der Waals surface area (Å²) < 4.78 is 2.10. The van der Waals surface area contributed by atoms with Crippen molar-refractivity contribution in [3.8, 4) is 40.2 Å². The molecule has 236 valence electrons. The van der Waals surface area contributed by atoms with Gasteiger partial charge in [0.15, 0.2) is 0 Å². The van der Waals surface area contributed by atoms with Crippen LogP contribution in [0.2, 0.25) is 0 Å². The van der Waals surface area contributed by atoms with E-state index < -0.39 is 0 Å². The number of rotatable bonds is 3. The predicted octanol–water partition coefficient (Wildman–Crippen LogP) is 10.9. The number of allylic oxidation sites excluding steroid dienone is 4. The molecule has 0 fully saturated rings. The molecule has 0 spiro atoms. The van der Waals surface area contributed by atoms with Crippen molar-refractivity contribution >= 4 is 61.8 Å². The van der Waals surface area contributed by atoms with Crippen molar-refractivity contribution in [2.75, 3.05) is 0 Å². The largest absolute Gasteiger partial charge is 0.260 e. The standard InChI is InChI=1S/C45H30N4S/c1-45(2)35-21-11-9-16-29(35)30-24-23-28(26-36(30)45)40-33-19-10-12-22-37(33)47-44(48-40)49-41-39(34-20-13-25-46-43(34)49)32-18-8-7-17-31(32)38(42(41)50)27-14-5-3-4-6-15-27/h3,5,7-14,16-26,50H,4H2,1-2H3. The van der Waals surface area contributed by atoms with E-state index in [1.807, 2.05) is 18.3 Å². The topological polar surface area (TPSA) is 43.6 Å². The SMILES string of the molecule is CC1(C)c2ccccc2-c2ccc(-c3nc(-n4c5ncccc5c5c6ccccc6c(C6=CC=CCC#C6)c(S)c54)nc4ccccc34)cc21. The zero-order valence-corrected chi connectivity index (χ0v) is 28.5. The van der Waals surface area contributed by atoms with E-state index in [1.165, 1.54) is 22.3 Å². The molecular weight excluding hydrogens is 629 g/mol. The molecule has 50 heavy (non-hydrogen) atoms. The predicted molar refractivity (Wildman–Crippen MR) is 209 cm³/mol. The molecule has 2 aliphatic carbocycles. The number of fused-ring (bicyclic) bond motifs is 9. The molecule has 0 bridgehead atoms. The van der Waals surface area contributed by atoms with E-state index in [0.29, 0.717) is 12.4 Å². The second kappa shape index (κ2) is 10.8. The number of benzene rings is 5. The van der Waals surface area contributed by atoms with Crippen LogP contribution in [0.4, 0.5) is 0 Å². The van der Waals surface area contributed by atoms with Crippen LogP contribution in [0.15, 0.2) is 132 Å². The van der Waals surface area contributed by atoms with Crippen molar-refractivity contribution in [1.29, 1.82) is 0 Å². The Balaban J connectivity index is 1.30. The van der Waals surface area contributed by atoms with E-state index in [4.69, 9.17) is 27.6 Å². The fourth-order valence-corrected chi connectivity index (χ4v) is 8.56. The first kappa shape index (κ1) is 29.0. The quantitative estimate of drug-likeness (QED) is 0.152.